The Morgan fingerprint density at radius 2 is 1.86 bits per heavy atom. The standard InChI is InChI=1S/C19H30F2N4O3/c1-5-22-19(23-10-13(4)25(6-2)7-3)24-11-14-8-16-17(27-12-26-16)9-15(14)28-18(20)21/h8-9,13,18H,5-7,10-12H2,1-4H3,(H2,22,23,24). The van der Waals surface area contributed by atoms with Crippen molar-refractivity contribution in [1.29, 1.82) is 0 Å². The first-order chi connectivity index (χ1) is 13.5. The highest BCUT2D eigenvalue weighted by molar-refractivity contribution is 5.79. The molecular weight excluding hydrogens is 370 g/mol. The number of benzene rings is 1. The number of nitrogens with zero attached hydrogens (tertiary/aromatic N) is 2. The zero-order chi connectivity index (χ0) is 20.5. The molecule has 1 aliphatic heterocycles. The Bertz CT molecular complexity index is 654. The average Bonchev–Trinajstić information content (AvgIpc) is 3.11. The molecule has 1 aromatic rings. The van der Waals surface area contributed by atoms with Crippen LogP contribution in [0.3, 0.4) is 0 Å². The van der Waals surface area contributed by atoms with E-state index in [0.29, 0.717) is 35.6 Å². The molecule has 0 saturated carbocycles. The number of aliphatic imine (C=N–C) groups is 1. The Morgan fingerprint density at radius 1 is 1.18 bits per heavy atom. The van der Waals surface area contributed by atoms with Gasteiger partial charge >= 0.3 is 6.61 Å². The largest absolute Gasteiger partial charge is 0.454 e. The van der Waals surface area contributed by atoms with Crippen LogP contribution in [-0.4, -0.2) is 56.5 Å². The second kappa shape index (κ2) is 10.9. The summed E-state index contributed by atoms with van der Waals surface area (Å²) in [4.78, 5) is 6.85. The van der Waals surface area contributed by atoms with Crippen LogP contribution in [0, 0.1) is 0 Å². The number of hydrogen-bond acceptors (Lipinski definition) is 5. The first-order valence-electron chi connectivity index (χ1n) is 9.61. The summed E-state index contributed by atoms with van der Waals surface area (Å²) in [7, 11) is 0. The van der Waals surface area contributed by atoms with Crippen LogP contribution in [0.25, 0.3) is 0 Å². The number of nitrogens with one attached hydrogen (secondary N) is 2. The van der Waals surface area contributed by atoms with Crippen LogP contribution < -0.4 is 24.8 Å². The van der Waals surface area contributed by atoms with E-state index in [4.69, 9.17) is 9.47 Å². The normalized spacial score (nSPS) is 14.5. The van der Waals surface area contributed by atoms with E-state index in [-0.39, 0.29) is 19.1 Å². The lowest BCUT2D eigenvalue weighted by atomic mass is 10.1. The van der Waals surface area contributed by atoms with E-state index >= 15 is 0 Å². The molecule has 2 rings (SSSR count). The molecule has 0 aromatic heterocycles. The summed E-state index contributed by atoms with van der Waals surface area (Å²) >= 11 is 0. The highest BCUT2D eigenvalue weighted by Gasteiger charge is 2.20. The predicted molar refractivity (Wildman–Crippen MR) is 104 cm³/mol. The maximum Gasteiger partial charge on any atom is 0.387 e. The summed E-state index contributed by atoms with van der Waals surface area (Å²) in [6.45, 7) is 9.01. The third-order valence-electron chi connectivity index (χ3n) is 4.52. The Morgan fingerprint density at radius 3 is 2.46 bits per heavy atom. The number of halogens is 2. The van der Waals surface area contributed by atoms with Crippen LogP contribution >= 0.6 is 0 Å². The summed E-state index contributed by atoms with van der Waals surface area (Å²) in [6, 6.07) is 3.38. The smallest absolute Gasteiger partial charge is 0.387 e. The molecule has 0 spiro atoms. The van der Waals surface area contributed by atoms with Gasteiger partial charge in [-0.2, -0.15) is 8.78 Å². The van der Waals surface area contributed by atoms with Crippen LogP contribution in [0.1, 0.15) is 33.3 Å². The van der Waals surface area contributed by atoms with Gasteiger partial charge in [-0.1, -0.05) is 13.8 Å². The monoisotopic (exact) mass is 400 g/mol. The fraction of sp³-hybridized carbons (Fsp3) is 0.632. The number of fused-ring (bicyclic) bond motifs is 1. The summed E-state index contributed by atoms with van der Waals surface area (Å²) in [6.07, 6.45) is 0. The number of hydrogen-bond donors (Lipinski definition) is 2. The molecule has 1 heterocycles. The molecule has 158 valence electrons. The van der Waals surface area contributed by atoms with Crippen molar-refractivity contribution in [2.45, 2.75) is 46.9 Å². The van der Waals surface area contributed by atoms with E-state index in [2.05, 4.69) is 46.0 Å². The van der Waals surface area contributed by atoms with Gasteiger partial charge in [-0.3, -0.25) is 4.90 Å². The first-order valence-corrected chi connectivity index (χ1v) is 9.61. The fourth-order valence-corrected chi connectivity index (χ4v) is 3.02. The number of guanidine groups is 1. The average molecular weight is 400 g/mol. The molecule has 7 nitrogen and oxygen atoms in total. The van der Waals surface area contributed by atoms with Crippen molar-refractivity contribution in [3.63, 3.8) is 0 Å². The third-order valence-corrected chi connectivity index (χ3v) is 4.52. The number of ether oxygens (including phenoxy) is 3. The van der Waals surface area contributed by atoms with Gasteiger partial charge in [-0.25, -0.2) is 4.99 Å². The minimum Gasteiger partial charge on any atom is -0.454 e. The molecule has 1 aliphatic rings. The zero-order valence-electron chi connectivity index (χ0n) is 16.9. The number of rotatable bonds is 10. The topological polar surface area (TPSA) is 67.4 Å². The second-order valence-electron chi connectivity index (χ2n) is 6.34. The van der Waals surface area contributed by atoms with Gasteiger partial charge in [0, 0.05) is 30.8 Å². The van der Waals surface area contributed by atoms with Crippen molar-refractivity contribution in [3.8, 4) is 17.2 Å². The quantitative estimate of drug-likeness (QED) is 0.465. The Balaban J connectivity index is 2.11. The van der Waals surface area contributed by atoms with Crippen LogP contribution in [0.5, 0.6) is 17.2 Å². The molecule has 0 bridgehead atoms. The lowest BCUT2D eigenvalue weighted by Crippen LogP contribution is -2.46. The van der Waals surface area contributed by atoms with Gasteiger partial charge in [0.2, 0.25) is 6.79 Å². The SMILES string of the molecule is CCNC(=NCc1cc2c(cc1OC(F)F)OCO2)NCC(C)N(CC)CC. The van der Waals surface area contributed by atoms with E-state index in [1.165, 1.54) is 6.07 Å². The van der Waals surface area contributed by atoms with Crippen LogP contribution in [-0.2, 0) is 6.54 Å². The summed E-state index contributed by atoms with van der Waals surface area (Å²) in [5, 5.41) is 6.48. The molecule has 0 amide bonds. The lowest BCUT2D eigenvalue weighted by molar-refractivity contribution is -0.0505. The molecule has 28 heavy (non-hydrogen) atoms. The molecule has 0 saturated heterocycles. The van der Waals surface area contributed by atoms with Crippen LogP contribution in [0.15, 0.2) is 17.1 Å². The van der Waals surface area contributed by atoms with E-state index in [1.807, 2.05) is 6.92 Å². The van der Waals surface area contributed by atoms with Crippen molar-refractivity contribution < 1.29 is 23.0 Å². The summed E-state index contributed by atoms with van der Waals surface area (Å²) in [5.74, 6) is 1.54. The summed E-state index contributed by atoms with van der Waals surface area (Å²) < 4.78 is 40.7. The number of likely N-dealkylation sites (N-methyl/N-ethyl adjacent to an activating group) is 1. The highest BCUT2D eigenvalue weighted by Crippen LogP contribution is 2.39. The van der Waals surface area contributed by atoms with Crippen molar-refractivity contribution in [2.24, 2.45) is 4.99 Å². The van der Waals surface area contributed by atoms with Gasteiger partial charge in [0.15, 0.2) is 17.5 Å². The van der Waals surface area contributed by atoms with Crippen LogP contribution in [0.2, 0.25) is 0 Å². The molecule has 1 aromatic carbocycles. The molecule has 1 atom stereocenters. The minimum absolute atomic E-state index is 0.0374. The van der Waals surface area contributed by atoms with Crippen molar-refractivity contribution >= 4 is 5.96 Å². The Labute approximate surface area is 165 Å². The lowest BCUT2D eigenvalue weighted by Gasteiger charge is -2.27. The molecular formula is C19H30F2N4O3. The second-order valence-corrected chi connectivity index (χ2v) is 6.34. The van der Waals surface area contributed by atoms with Gasteiger partial charge in [0.1, 0.15) is 5.75 Å². The molecule has 2 N–H and O–H groups in total. The number of alkyl halides is 2. The van der Waals surface area contributed by atoms with Gasteiger partial charge < -0.3 is 24.8 Å². The first kappa shape index (κ1) is 22.0. The van der Waals surface area contributed by atoms with Crippen LogP contribution in [0.4, 0.5) is 8.78 Å². The predicted octanol–water partition coefficient (Wildman–Crippen LogP) is 2.80. The summed E-state index contributed by atoms with van der Waals surface area (Å²) in [5.41, 5.74) is 0.499. The van der Waals surface area contributed by atoms with Gasteiger partial charge in [-0.15, -0.1) is 0 Å². The van der Waals surface area contributed by atoms with Crippen molar-refractivity contribution in [2.75, 3.05) is 33.0 Å². The molecule has 1 unspecified atom stereocenters. The minimum atomic E-state index is -2.93. The molecule has 0 radical (unpaired) electrons. The molecule has 0 fully saturated rings. The highest BCUT2D eigenvalue weighted by atomic mass is 19.3. The van der Waals surface area contributed by atoms with Gasteiger partial charge in [0.25, 0.3) is 0 Å². The van der Waals surface area contributed by atoms with E-state index < -0.39 is 6.61 Å². The van der Waals surface area contributed by atoms with Gasteiger partial charge in [0.05, 0.1) is 6.54 Å². The van der Waals surface area contributed by atoms with E-state index in [9.17, 15) is 8.78 Å². The molecule has 9 heteroatoms. The Hall–Kier alpha value is -2.29. The Kier molecular flexibility index (Phi) is 8.56. The van der Waals surface area contributed by atoms with E-state index in [0.717, 1.165) is 19.6 Å². The maximum absolute atomic E-state index is 12.8. The maximum atomic E-state index is 12.8. The van der Waals surface area contributed by atoms with Crippen molar-refractivity contribution in [3.05, 3.63) is 17.7 Å². The van der Waals surface area contributed by atoms with Crippen molar-refractivity contribution in [1.82, 2.24) is 15.5 Å². The molecule has 0 aliphatic carbocycles. The van der Waals surface area contributed by atoms with E-state index in [1.54, 1.807) is 6.07 Å². The zero-order valence-corrected chi connectivity index (χ0v) is 16.9. The third kappa shape index (κ3) is 6.12. The van der Waals surface area contributed by atoms with Gasteiger partial charge in [-0.05, 0) is 33.0 Å². The fourth-order valence-electron chi connectivity index (χ4n) is 3.02.